The number of methoxy groups -OCH3 is 1. The molecule has 0 radical (unpaired) electrons. The van der Waals surface area contributed by atoms with Gasteiger partial charge in [-0.3, -0.25) is 0 Å². The van der Waals surface area contributed by atoms with Gasteiger partial charge in [-0.2, -0.15) is 0 Å². The lowest BCUT2D eigenvalue weighted by Crippen LogP contribution is -2.33. The van der Waals surface area contributed by atoms with Gasteiger partial charge in [0.1, 0.15) is 5.75 Å². The minimum absolute atomic E-state index is 0.381. The maximum Gasteiger partial charge on any atom is 0.119 e. The van der Waals surface area contributed by atoms with E-state index in [9.17, 15) is 0 Å². The molecule has 0 saturated carbocycles. The van der Waals surface area contributed by atoms with Gasteiger partial charge in [0.2, 0.25) is 0 Å². The topological polar surface area (TPSA) is 33.3 Å². The standard InChI is InChI=1S/C17H22N2O/c1-12(19-16-7-8-18-11-16)13-3-4-15-10-17(20-2)6-5-14(15)9-13/h3-6,9-10,12,16,18-19H,7-8,11H2,1-2H3. The fourth-order valence-corrected chi connectivity index (χ4v) is 2.89. The quantitative estimate of drug-likeness (QED) is 0.896. The van der Waals surface area contributed by atoms with Crippen LogP contribution in [0, 0.1) is 0 Å². The number of hydrogen-bond acceptors (Lipinski definition) is 3. The van der Waals surface area contributed by atoms with Crippen LogP contribution in [0.3, 0.4) is 0 Å². The van der Waals surface area contributed by atoms with Crippen molar-refractivity contribution in [3.05, 3.63) is 42.0 Å². The molecule has 0 spiro atoms. The van der Waals surface area contributed by atoms with E-state index >= 15 is 0 Å². The number of hydrogen-bond donors (Lipinski definition) is 2. The van der Waals surface area contributed by atoms with E-state index in [1.54, 1.807) is 7.11 Å². The van der Waals surface area contributed by atoms with Crippen LogP contribution in [0.1, 0.15) is 24.9 Å². The van der Waals surface area contributed by atoms with Crippen molar-refractivity contribution in [1.82, 2.24) is 10.6 Å². The molecule has 2 aromatic rings. The van der Waals surface area contributed by atoms with Crippen LogP contribution in [0.5, 0.6) is 5.75 Å². The highest BCUT2D eigenvalue weighted by Crippen LogP contribution is 2.24. The first-order chi connectivity index (χ1) is 9.76. The molecule has 3 nitrogen and oxygen atoms in total. The van der Waals surface area contributed by atoms with E-state index in [4.69, 9.17) is 4.74 Å². The van der Waals surface area contributed by atoms with Crippen molar-refractivity contribution >= 4 is 10.8 Å². The fraction of sp³-hybridized carbons (Fsp3) is 0.412. The SMILES string of the molecule is COc1ccc2cc(C(C)NC3CCNC3)ccc2c1. The Labute approximate surface area is 120 Å². The highest BCUT2D eigenvalue weighted by Gasteiger charge is 2.17. The molecule has 1 aliphatic rings. The predicted molar refractivity (Wildman–Crippen MR) is 83.3 cm³/mol. The molecule has 0 amide bonds. The lowest BCUT2D eigenvalue weighted by atomic mass is 10.0. The molecule has 1 aliphatic heterocycles. The zero-order valence-electron chi connectivity index (χ0n) is 12.1. The summed E-state index contributed by atoms with van der Waals surface area (Å²) in [6, 6.07) is 13.9. The Bertz CT molecular complexity index is 591. The summed E-state index contributed by atoms with van der Waals surface area (Å²) in [4.78, 5) is 0. The molecule has 20 heavy (non-hydrogen) atoms. The van der Waals surface area contributed by atoms with Crippen molar-refractivity contribution in [2.24, 2.45) is 0 Å². The van der Waals surface area contributed by atoms with E-state index in [0.717, 1.165) is 18.8 Å². The number of fused-ring (bicyclic) bond motifs is 1. The van der Waals surface area contributed by atoms with Crippen molar-refractivity contribution in [1.29, 1.82) is 0 Å². The number of rotatable bonds is 4. The molecular formula is C17H22N2O. The van der Waals surface area contributed by atoms with Crippen LogP contribution in [-0.4, -0.2) is 26.2 Å². The minimum atomic E-state index is 0.381. The van der Waals surface area contributed by atoms with Crippen LogP contribution < -0.4 is 15.4 Å². The smallest absolute Gasteiger partial charge is 0.119 e. The zero-order chi connectivity index (χ0) is 13.9. The van der Waals surface area contributed by atoms with Crippen LogP contribution in [0.15, 0.2) is 36.4 Å². The molecule has 2 atom stereocenters. The van der Waals surface area contributed by atoms with Gasteiger partial charge in [-0.25, -0.2) is 0 Å². The van der Waals surface area contributed by atoms with Gasteiger partial charge in [-0.1, -0.05) is 18.2 Å². The Kier molecular flexibility index (Phi) is 3.90. The van der Waals surface area contributed by atoms with Gasteiger partial charge in [0, 0.05) is 18.6 Å². The Hall–Kier alpha value is -1.58. The first-order valence-electron chi connectivity index (χ1n) is 7.31. The van der Waals surface area contributed by atoms with Gasteiger partial charge in [0.05, 0.1) is 7.11 Å². The molecule has 2 unspecified atom stereocenters. The van der Waals surface area contributed by atoms with Crippen LogP contribution in [0.25, 0.3) is 10.8 Å². The summed E-state index contributed by atoms with van der Waals surface area (Å²) >= 11 is 0. The van der Waals surface area contributed by atoms with Gasteiger partial charge in [-0.05, 0) is 54.4 Å². The Balaban J connectivity index is 1.80. The first-order valence-corrected chi connectivity index (χ1v) is 7.31. The lowest BCUT2D eigenvalue weighted by Gasteiger charge is -2.19. The third-order valence-corrected chi connectivity index (χ3v) is 4.12. The zero-order valence-corrected chi connectivity index (χ0v) is 12.1. The van der Waals surface area contributed by atoms with E-state index in [1.807, 2.05) is 6.07 Å². The van der Waals surface area contributed by atoms with Gasteiger partial charge >= 0.3 is 0 Å². The second-order valence-electron chi connectivity index (χ2n) is 5.55. The van der Waals surface area contributed by atoms with Crippen molar-refractivity contribution in [2.75, 3.05) is 20.2 Å². The summed E-state index contributed by atoms with van der Waals surface area (Å²) in [6.45, 7) is 4.44. The molecule has 3 heteroatoms. The second kappa shape index (κ2) is 5.81. The van der Waals surface area contributed by atoms with Crippen molar-refractivity contribution < 1.29 is 4.74 Å². The fourth-order valence-electron chi connectivity index (χ4n) is 2.89. The summed E-state index contributed by atoms with van der Waals surface area (Å²) in [5, 5.41) is 9.58. The van der Waals surface area contributed by atoms with Crippen LogP contribution in [0.2, 0.25) is 0 Å². The molecule has 2 N–H and O–H groups in total. The van der Waals surface area contributed by atoms with E-state index < -0.39 is 0 Å². The van der Waals surface area contributed by atoms with E-state index in [-0.39, 0.29) is 0 Å². The summed E-state index contributed by atoms with van der Waals surface area (Å²) in [5.41, 5.74) is 1.34. The summed E-state index contributed by atoms with van der Waals surface area (Å²) < 4.78 is 5.27. The molecule has 1 heterocycles. The van der Waals surface area contributed by atoms with Crippen LogP contribution in [-0.2, 0) is 0 Å². The Morgan fingerprint density at radius 1 is 1.20 bits per heavy atom. The third-order valence-electron chi connectivity index (χ3n) is 4.12. The first kappa shape index (κ1) is 13.4. The average molecular weight is 270 g/mol. The number of benzene rings is 2. The number of nitrogens with one attached hydrogen (secondary N) is 2. The molecule has 2 aromatic carbocycles. The molecular weight excluding hydrogens is 248 g/mol. The largest absolute Gasteiger partial charge is 0.497 e. The van der Waals surface area contributed by atoms with Gasteiger partial charge < -0.3 is 15.4 Å². The Morgan fingerprint density at radius 2 is 2.00 bits per heavy atom. The van der Waals surface area contributed by atoms with Gasteiger partial charge in [-0.15, -0.1) is 0 Å². The van der Waals surface area contributed by atoms with E-state index in [1.165, 1.54) is 22.8 Å². The maximum atomic E-state index is 5.27. The van der Waals surface area contributed by atoms with Crippen molar-refractivity contribution in [2.45, 2.75) is 25.4 Å². The molecule has 1 fully saturated rings. The number of ether oxygens (including phenoxy) is 1. The van der Waals surface area contributed by atoms with E-state index in [0.29, 0.717) is 12.1 Å². The predicted octanol–water partition coefficient (Wildman–Crippen LogP) is 2.86. The molecule has 106 valence electrons. The Morgan fingerprint density at radius 3 is 2.75 bits per heavy atom. The molecule has 0 aliphatic carbocycles. The van der Waals surface area contributed by atoms with Crippen LogP contribution >= 0.6 is 0 Å². The molecule has 1 saturated heterocycles. The van der Waals surface area contributed by atoms with Gasteiger partial charge in [0.15, 0.2) is 0 Å². The summed E-state index contributed by atoms with van der Waals surface area (Å²) in [5.74, 6) is 0.911. The van der Waals surface area contributed by atoms with Crippen molar-refractivity contribution in [3.8, 4) is 5.75 Å². The third kappa shape index (κ3) is 2.79. The summed E-state index contributed by atoms with van der Waals surface area (Å²) in [7, 11) is 1.71. The molecule has 3 rings (SSSR count). The highest BCUT2D eigenvalue weighted by atomic mass is 16.5. The highest BCUT2D eigenvalue weighted by molar-refractivity contribution is 5.84. The minimum Gasteiger partial charge on any atom is -0.497 e. The molecule has 0 bridgehead atoms. The normalized spacial score (nSPS) is 20.2. The molecule has 0 aromatic heterocycles. The lowest BCUT2D eigenvalue weighted by molar-refractivity contribution is 0.415. The van der Waals surface area contributed by atoms with Crippen LogP contribution in [0.4, 0.5) is 0 Å². The summed E-state index contributed by atoms with van der Waals surface area (Å²) in [6.07, 6.45) is 1.22. The monoisotopic (exact) mass is 270 g/mol. The second-order valence-corrected chi connectivity index (χ2v) is 5.55. The van der Waals surface area contributed by atoms with Crippen molar-refractivity contribution in [3.63, 3.8) is 0 Å². The van der Waals surface area contributed by atoms with Gasteiger partial charge in [0.25, 0.3) is 0 Å². The maximum absolute atomic E-state index is 5.27. The average Bonchev–Trinajstić information content (AvgIpc) is 2.99. The van der Waals surface area contributed by atoms with E-state index in [2.05, 4.69) is 47.9 Å².